The first-order chi connectivity index (χ1) is 9.05. The number of thiophene rings is 1. The molecular formula is C13H14ClNO2S2. The van der Waals surface area contributed by atoms with Crippen LogP contribution in [0.2, 0.25) is 5.02 Å². The summed E-state index contributed by atoms with van der Waals surface area (Å²) in [6, 6.07) is 8.09. The van der Waals surface area contributed by atoms with Crippen molar-refractivity contribution in [3.05, 3.63) is 34.2 Å². The minimum absolute atomic E-state index is 0.0614. The van der Waals surface area contributed by atoms with Crippen molar-refractivity contribution in [3.8, 4) is 0 Å². The summed E-state index contributed by atoms with van der Waals surface area (Å²) >= 11 is 8.01. The predicted molar refractivity (Wildman–Crippen MR) is 80.7 cm³/mol. The summed E-state index contributed by atoms with van der Waals surface area (Å²) in [6.45, 7) is 0.637. The molecule has 1 atom stereocenters. The van der Waals surface area contributed by atoms with Gasteiger partial charge in [0.05, 0.1) is 16.5 Å². The van der Waals surface area contributed by atoms with Crippen molar-refractivity contribution in [2.45, 2.75) is 19.0 Å². The predicted octanol–water partition coefficient (Wildman–Crippen LogP) is 2.83. The van der Waals surface area contributed by atoms with Gasteiger partial charge in [-0.15, -0.1) is 11.3 Å². The first-order valence-electron chi connectivity index (χ1n) is 6.15. The van der Waals surface area contributed by atoms with Crippen LogP contribution in [-0.4, -0.2) is 26.0 Å². The summed E-state index contributed by atoms with van der Waals surface area (Å²) < 4.78 is 24.0. The third-order valence-corrected chi connectivity index (χ3v) is 6.87. The second-order valence-electron chi connectivity index (χ2n) is 4.82. The maximum absolute atomic E-state index is 11.4. The molecule has 2 heterocycles. The topological polar surface area (TPSA) is 46.2 Å². The van der Waals surface area contributed by atoms with E-state index in [2.05, 4.69) is 11.4 Å². The van der Waals surface area contributed by atoms with Gasteiger partial charge in [-0.1, -0.05) is 29.8 Å². The lowest BCUT2D eigenvalue weighted by Gasteiger charge is -2.09. The minimum atomic E-state index is -2.83. The number of benzene rings is 1. The largest absolute Gasteiger partial charge is 0.308 e. The highest BCUT2D eigenvalue weighted by atomic mass is 35.5. The fourth-order valence-electron chi connectivity index (χ4n) is 2.37. The van der Waals surface area contributed by atoms with Crippen LogP contribution in [0.4, 0.5) is 0 Å². The second kappa shape index (κ2) is 5.05. The fourth-order valence-corrected chi connectivity index (χ4v) is 5.53. The minimum Gasteiger partial charge on any atom is -0.308 e. The zero-order valence-corrected chi connectivity index (χ0v) is 12.6. The Hall–Kier alpha value is -0.620. The van der Waals surface area contributed by atoms with Gasteiger partial charge in [-0.25, -0.2) is 8.42 Å². The van der Waals surface area contributed by atoms with Crippen molar-refractivity contribution >= 4 is 42.9 Å². The van der Waals surface area contributed by atoms with Gasteiger partial charge in [0.25, 0.3) is 0 Å². The standard InChI is InChI=1S/C13H14ClNO2S2/c14-13-10-3-1-2-4-11(10)18-12(13)7-15-9-5-6-19(16,17)8-9/h1-4,9,15H,5-8H2. The van der Waals surface area contributed by atoms with Crippen LogP contribution in [0.1, 0.15) is 11.3 Å². The Morgan fingerprint density at radius 1 is 1.37 bits per heavy atom. The van der Waals surface area contributed by atoms with Crippen LogP contribution in [0.3, 0.4) is 0 Å². The number of halogens is 1. The molecule has 1 saturated heterocycles. The molecule has 1 N–H and O–H groups in total. The average Bonchev–Trinajstić information content (AvgIpc) is 2.88. The van der Waals surface area contributed by atoms with E-state index in [1.54, 1.807) is 11.3 Å². The molecule has 6 heteroatoms. The third-order valence-electron chi connectivity index (χ3n) is 3.39. The zero-order valence-electron chi connectivity index (χ0n) is 10.2. The van der Waals surface area contributed by atoms with E-state index in [4.69, 9.17) is 11.6 Å². The number of hydrogen-bond donors (Lipinski definition) is 1. The van der Waals surface area contributed by atoms with Crippen molar-refractivity contribution < 1.29 is 8.42 Å². The maximum Gasteiger partial charge on any atom is 0.151 e. The van der Waals surface area contributed by atoms with Crippen molar-refractivity contribution in [2.75, 3.05) is 11.5 Å². The van der Waals surface area contributed by atoms with E-state index in [0.29, 0.717) is 18.7 Å². The van der Waals surface area contributed by atoms with Gasteiger partial charge in [0.1, 0.15) is 0 Å². The summed E-state index contributed by atoms with van der Waals surface area (Å²) in [4.78, 5) is 1.08. The van der Waals surface area contributed by atoms with Crippen LogP contribution in [-0.2, 0) is 16.4 Å². The molecule has 1 aliphatic heterocycles. The Labute approximate surface area is 121 Å². The highest BCUT2D eigenvalue weighted by Crippen LogP contribution is 2.35. The number of fused-ring (bicyclic) bond motifs is 1. The molecule has 1 aromatic heterocycles. The highest BCUT2D eigenvalue weighted by Gasteiger charge is 2.27. The quantitative estimate of drug-likeness (QED) is 0.947. The second-order valence-corrected chi connectivity index (χ2v) is 8.56. The fraction of sp³-hybridized carbons (Fsp3) is 0.385. The Balaban J connectivity index is 1.74. The lowest BCUT2D eigenvalue weighted by atomic mass is 10.2. The molecule has 0 bridgehead atoms. The van der Waals surface area contributed by atoms with Gasteiger partial charge < -0.3 is 5.32 Å². The zero-order chi connectivity index (χ0) is 13.5. The van der Waals surface area contributed by atoms with E-state index >= 15 is 0 Å². The Bertz CT molecular complexity index is 709. The summed E-state index contributed by atoms with van der Waals surface area (Å²) in [5.74, 6) is 0.542. The molecule has 0 aliphatic carbocycles. The maximum atomic E-state index is 11.4. The third kappa shape index (κ3) is 2.79. The Kier molecular flexibility index (Phi) is 3.55. The average molecular weight is 316 g/mol. The number of rotatable bonds is 3. The first-order valence-corrected chi connectivity index (χ1v) is 9.16. The van der Waals surface area contributed by atoms with Crippen LogP contribution >= 0.6 is 22.9 Å². The van der Waals surface area contributed by atoms with Crippen LogP contribution in [0.25, 0.3) is 10.1 Å². The SMILES string of the molecule is O=S1(=O)CCC(NCc2sc3ccccc3c2Cl)C1. The summed E-state index contributed by atoms with van der Waals surface area (Å²) in [7, 11) is -2.83. The molecule has 19 heavy (non-hydrogen) atoms. The summed E-state index contributed by atoms with van der Waals surface area (Å²) in [5, 5.41) is 5.16. The molecule has 1 aromatic carbocycles. The van der Waals surface area contributed by atoms with E-state index in [0.717, 1.165) is 15.3 Å². The number of hydrogen-bond acceptors (Lipinski definition) is 4. The van der Waals surface area contributed by atoms with Crippen LogP contribution < -0.4 is 5.32 Å². The van der Waals surface area contributed by atoms with E-state index in [-0.39, 0.29) is 11.8 Å². The van der Waals surface area contributed by atoms with E-state index in [1.807, 2.05) is 18.2 Å². The molecule has 0 amide bonds. The summed E-state index contributed by atoms with van der Waals surface area (Å²) in [5.41, 5.74) is 0. The van der Waals surface area contributed by atoms with Gasteiger partial charge in [-0.2, -0.15) is 0 Å². The molecule has 0 saturated carbocycles. The molecule has 1 unspecified atom stereocenters. The van der Waals surface area contributed by atoms with Gasteiger partial charge in [0, 0.05) is 27.5 Å². The smallest absolute Gasteiger partial charge is 0.151 e. The molecule has 102 valence electrons. The molecule has 2 aromatic rings. The van der Waals surface area contributed by atoms with Crippen molar-refractivity contribution in [2.24, 2.45) is 0 Å². The van der Waals surface area contributed by atoms with E-state index in [1.165, 1.54) is 4.70 Å². The van der Waals surface area contributed by atoms with Gasteiger partial charge in [-0.3, -0.25) is 0 Å². The number of nitrogens with one attached hydrogen (secondary N) is 1. The summed E-state index contributed by atoms with van der Waals surface area (Å²) in [6.07, 6.45) is 0.699. The van der Waals surface area contributed by atoms with Crippen LogP contribution in [0.5, 0.6) is 0 Å². The lowest BCUT2D eigenvalue weighted by Crippen LogP contribution is -2.29. The molecule has 1 fully saturated rings. The molecule has 3 nitrogen and oxygen atoms in total. The van der Waals surface area contributed by atoms with Gasteiger partial charge >= 0.3 is 0 Å². The number of sulfone groups is 1. The van der Waals surface area contributed by atoms with E-state index in [9.17, 15) is 8.42 Å². The van der Waals surface area contributed by atoms with E-state index < -0.39 is 9.84 Å². The van der Waals surface area contributed by atoms with Gasteiger partial charge in [0.15, 0.2) is 9.84 Å². The molecule has 3 rings (SSSR count). The first kappa shape index (κ1) is 13.4. The van der Waals surface area contributed by atoms with Crippen LogP contribution in [0.15, 0.2) is 24.3 Å². The van der Waals surface area contributed by atoms with Crippen molar-refractivity contribution in [3.63, 3.8) is 0 Å². The molecule has 1 aliphatic rings. The normalized spacial score (nSPS) is 22.1. The molecule has 0 spiro atoms. The van der Waals surface area contributed by atoms with Gasteiger partial charge in [-0.05, 0) is 12.5 Å². The monoisotopic (exact) mass is 315 g/mol. The van der Waals surface area contributed by atoms with Crippen molar-refractivity contribution in [1.82, 2.24) is 5.32 Å². The Morgan fingerprint density at radius 3 is 2.84 bits per heavy atom. The molecular weight excluding hydrogens is 302 g/mol. The van der Waals surface area contributed by atoms with Gasteiger partial charge in [0.2, 0.25) is 0 Å². The highest BCUT2D eigenvalue weighted by molar-refractivity contribution is 7.91. The van der Waals surface area contributed by atoms with Crippen LogP contribution in [0, 0.1) is 0 Å². The lowest BCUT2D eigenvalue weighted by molar-refractivity contribution is 0.557. The van der Waals surface area contributed by atoms with Crippen molar-refractivity contribution in [1.29, 1.82) is 0 Å². The molecule has 0 radical (unpaired) electrons. The Morgan fingerprint density at radius 2 is 2.16 bits per heavy atom.